The molecule has 0 aromatic carbocycles. The number of rotatable bonds is 7. The molecule has 1 aromatic rings. The second-order valence-corrected chi connectivity index (χ2v) is 4.47. The van der Waals surface area contributed by atoms with Gasteiger partial charge in [-0.1, -0.05) is 6.92 Å². The van der Waals surface area contributed by atoms with E-state index in [0.717, 1.165) is 31.6 Å². The fraction of sp³-hybridized carbons (Fsp3) is 0.667. The van der Waals surface area contributed by atoms with E-state index in [1.54, 1.807) is 6.33 Å². The van der Waals surface area contributed by atoms with Crippen molar-refractivity contribution in [1.82, 2.24) is 20.2 Å². The van der Waals surface area contributed by atoms with Crippen LogP contribution in [0.2, 0.25) is 0 Å². The SMILES string of the molecule is CCNCc1cn(CCC(=O)NC2CC2)cn1. The van der Waals surface area contributed by atoms with Crippen molar-refractivity contribution in [3.05, 3.63) is 18.2 Å². The Kier molecular flexibility index (Phi) is 4.14. The number of amides is 1. The highest BCUT2D eigenvalue weighted by atomic mass is 16.1. The molecule has 0 atom stereocenters. The maximum atomic E-state index is 11.5. The zero-order valence-corrected chi connectivity index (χ0v) is 10.3. The van der Waals surface area contributed by atoms with Crippen molar-refractivity contribution in [2.45, 2.75) is 45.3 Å². The van der Waals surface area contributed by atoms with Gasteiger partial charge in [-0.15, -0.1) is 0 Å². The molecule has 1 aromatic heterocycles. The number of aromatic nitrogens is 2. The third kappa shape index (κ3) is 4.19. The van der Waals surface area contributed by atoms with E-state index in [9.17, 15) is 4.79 Å². The number of hydrogen-bond donors (Lipinski definition) is 2. The average Bonchev–Trinajstić information content (AvgIpc) is 3.01. The molecule has 1 aliphatic rings. The summed E-state index contributed by atoms with van der Waals surface area (Å²) >= 11 is 0. The van der Waals surface area contributed by atoms with Crippen molar-refractivity contribution < 1.29 is 4.79 Å². The standard InChI is InChI=1S/C12H20N4O/c1-2-13-7-11-8-16(9-14-11)6-5-12(17)15-10-3-4-10/h8-10,13H,2-7H2,1H3,(H,15,17). The molecule has 0 unspecified atom stereocenters. The molecule has 1 amide bonds. The summed E-state index contributed by atoms with van der Waals surface area (Å²) in [5.41, 5.74) is 1.02. The highest BCUT2D eigenvalue weighted by Crippen LogP contribution is 2.18. The number of imidazole rings is 1. The molecule has 5 nitrogen and oxygen atoms in total. The summed E-state index contributed by atoms with van der Waals surface area (Å²) in [6.45, 7) is 4.51. The predicted octanol–water partition coefficient (Wildman–Crippen LogP) is 0.661. The normalized spacial score (nSPS) is 14.9. The molecule has 0 aliphatic heterocycles. The molecule has 0 radical (unpaired) electrons. The molecule has 2 N–H and O–H groups in total. The third-order valence-corrected chi connectivity index (χ3v) is 2.78. The fourth-order valence-electron chi connectivity index (χ4n) is 1.63. The minimum Gasteiger partial charge on any atom is -0.353 e. The summed E-state index contributed by atoms with van der Waals surface area (Å²) in [5.74, 6) is 0.148. The lowest BCUT2D eigenvalue weighted by Gasteiger charge is -2.03. The Labute approximate surface area is 102 Å². The molecule has 5 heteroatoms. The molecule has 1 heterocycles. The minimum absolute atomic E-state index is 0.148. The van der Waals surface area contributed by atoms with Crippen LogP contribution in [0, 0.1) is 0 Å². The van der Waals surface area contributed by atoms with Crippen molar-refractivity contribution in [3.63, 3.8) is 0 Å². The van der Waals surface area contributed by atoms with Gasteiger partial charge < -0.3 is 15.2 Å². The van der Waals surface area contributed by atoms with E-state index in [0.29, 0.717) is 19.0 Å². The van der Waals surface area contributed by atoms with Crippen molar-refractivity contribution in [2.75, 3.05) is 6.54 Å². The lowest BCUT2D eigenvalue weighted by Crippen LogP contribution is -2.26. The molecule has 1 fully saturated rings. The topological polar surface area (TPSA) is 59.0 Å². The zero-order valence-electron chi connectivity index (χ0n) is 10.3. The summed E-state index contributed by atoms with van der Waals surface area (Å²) in [4.78, 5) is 15.8. The number of carbonyl (C=O) groups excluding carboxylic acids is 1. The summed E-state index contributed by atoms with van der Waals surface area (Å²) in [6.07, 6.45) is 6.60. The van der Waals surface area contributed by atoms with Gasteiger partial charge in [-0.2, -0.15) is 0 Å². The number of nitrogens with one attached hydrogen (secondary N) is 2. The Bertz CT molecular complexity index is 370. The Hall–Kier alpha value is -1.36. The van der Waals surface area contributed by atoms with Gasteiger partial charge in [-0.3, -0.25) is 4.79 Å². The average molecular weight is 236 g/mol. The molecule has 1 aliphatic carbocycles. The van der Waals surface area contributed by atoms with Gasteiger partial charge in [-0.25, -0.2) is 4.98 Å². The van der Waals surface area contributed by atoms with Crippen LogP contribution in [0.4, 0.5) is 0 Å². The van der Waals surface area contributed by atoms with Crippen molar-refractivity contribution in [1.29, 1.82) is 0 Å². The maximum Gasteiger partial charge on any atom is 0.222 e. The van der Waals surface area contributed by atoms with Gasteiger partial charge in [0.05, 0.1) is 12.0 Å². The fourth-order valence-corrected chi connectivity index (χ4v) is 1.63. The smallest absolute Gasteiger partial charge is 0.222 e. The van der Waals surface area contributed by atoms with Crippen molar-refractivity contribution >= 4 is 5.91 Å². The van der Waals surface area contributed by atoms with Crippen LogP contribution in [0.15, 0.2) is 12.5 Å². The van der Waals surface area contributed by atoms with Crippen LogP contribution in [0.1, 0.15) is 31.9 Å². The molecule has 0 saturated heterocycles. The zero-order chi connectivity index (χ0) is 12.1. The predicted molar refractivity (Wildman–Crippen MR) is 65.4 cm³/mol. The maximum absolute atomic E-state index is 11.5. The number of aryl methyl sites for hydroxylation is 1. The molecular formula is C12H20N4O. The van der Waals surface area contributed by atoms with Gasteiger partial charge in [0, 0.05) is 31.7 Å². The summed E-state index contributed by atoms with van der Waals surface area (Å²) < 4.78 is 1.97. The quantitative estimate of drug-likeness (QED) is 0.731. The largest absolute Gasteiger partial charge is 0.353 e. The van der Waals surface area contributed by atoms with E-state index in [1.165, 1.54) is 0 Å². The second kappa shape index (κ2) is 5.82. The first-order valence-corrected chi connectivity index (χ1v) is 6.28. The van der Waals surface area contributed by atoms with Gasteiger partial charge in [0.15, 0.2) is 0 Å². The summed E-state index contributed by atoms with van der Waals surface area (Å²) in [5, 5.41) is 6.20. The Balaban J connectivity index is 1.70. The van der Waals surface area contributed by atoms with E-state index in [4.69, 9.17) is 0 Å². The highest BCUT2D eigenvalue weighted by Gasteiger charge is 2.22. The van der Waals surface area contributed by atoms with E-state index in [1.807, 2.05) is 10.8 Å². The van der Waals surface area contributed by atoms with Crippen molar-refractivity contribution in [2.24, 2.45) is 0 Å². The molecule has 0 bridgehead atoms. The van der Waals surface area contributed by atoms with E-state index in [-0.39, 0.29) is 5.91 Å². The summed E-state index contributed by atoms with van der Waals surface area (Å²) in [7, 11) is 0. The molecule has 2 rings (SSSR count). The number of nitrogens with zero attached hydrogens (tertiary/aromatic N) is 2. The van der Waals surface area contributed by atoms with Crippen LogP contribution >= 0.6 is 0 Å². The number of hydrogen-bond acceptors (Lipinski definition) is 3. The van der Waals surface area contributed by atoms with E-state index < -0.39 is 0 Å². The first-order chi connectivity index (χ1) is 8.28. The van der Waals surface area contributed by atoms with Gasteiger partial charge in [0.1, 0.15) is 0 Å². The van der Waals surface area contributed by atoms with Crippen LogP contribution in [-0.4, -0.2) is 28.0 Å². The minimum atomic E-state index is 0.148. The van der Waals surface area contributed by atoms with Crippen LogP contribution in [-0.2, 0) is 17.9 Å². The number of carbonyl (C=O) groups is 1. The first-order valence-electron chi connectivity index (χ1n) is 6.28. The van der Waals surface area contributed by atoms with Gasteiger partial charge in [-0.05, 0) is 19.4 Å². The Morgan fingerprint density at radius 3 is 3.12 bits per heavy atom. The third-order valence-electron chi connectivity index (χ3n) is 2.78. The Morgan fingerprint density at radius 2 is 2.41 bits per heavy atom. The van der Waals surface area contributed by atoms with Crippen molar-refractivity contribution in [3.8, 4) is 0 Å². The Morgan fingerprint density at radius 1 is 1.59 bits per heavy atom. The molecule has 0 spiro atoms. The summed E-state index contributed by atoms with van der Waals surface area (Å²) in [6, 6.07) is 0.453. The molecular weight excluding hydrogens is 216 g/mol. The monoisotopic (exact) mass is 236 g/mol. The lowest BCUT2D eigenvalue weighted by molar-refractivity contribution is -0.121. The van der Waals surface area contributed by atoms with Crippen LogP contribution in [0.25, 0.3) is 0 Å². The van der Waals surface area contributed by atoms with Crippen LogP contribution in [0.3, 0.4) is 0 Å². The van der Waals surface area contributed by atoms with Gasteiger partial charge in [0.2, 0.25) is 5.91 Å². The van der Waals surface area contributed by atoms with Gasteiger partial charge in [0.25, 0.3) is 0 Å². The van der Waals surface area contributed by atoms with E-state index in [2.05, 4.69) is 22.5 Å². The lowest BCUT2D eigenvalue weighted by atomic mass is 10.4. The van der Waals surface area contributed by atoms with Crippen LogP contribution in [0.5, 0.6) is 0 Å². The first kappa shape index (κ1) is 12.1. The second-order valence-electron chi connectivity index (χ2n) is 4.47. The highest BCUT2D eigenvalue weighted by molar-refractivity contribution is 5.76. The molecule has 17 heavy (non-hydrogen) atoms. The van der Waals surface area contributed by atoms with Crippen LogP contribution < -0.4 is 10.6 Å². The molecule has 94 valence electrons. The van der Waals surface area contributed by atoms with Gasteiger partial charge >= 0.3 is 0 Å². The van der Waals surface area contributed by atoms with E-state index >= 15 is 0 Å². The molecule has 1 saturated carbocycles.